The minimum absolute atomic E-state index is 0.0166. The molecular formula is C17H26N4O3. The van der Waals surface area contributed by atoms with Crippen molar-refractivity contribution in [2.24, 2.45) is 0 Å². The first-order valence-electron chi connectivity index (χ1n) is 8.85. The topological polar surface area (TPSA) is 69.9 Å². The van der Waals surface area contributed by atoms with Crippen molar-refractivity contribution < 1.29 is 14.1 Å². The van der Waals surface area contributed by atoms with Crippen LogP contribution in [-0.2, 0) is 4.79 Å². The standard InChI is InChI=1S/C17H26N4O3/c1-3-19-7-5-4-6-14(19)16(22)20-8-10-21(11-9-20)17(23)15-12-13(2)18-24-15/h12,14H,3-11H2,1-2H3. The molecule has 0 N–H and O–H groups in total. The first-order valence-corrected chi connectivity index (χ1v) is 8.85. The summed E-state index contributed by atoms with van der Waals surface area (Å²) in [5, 5.41) is 3.76. The van der Waals surface area contributed by atoms with Crippen LogP contribution in [-0.4, -0.2) is 77.0 Å². The fraction of sp³-hybridized carbons (Fsp3) is 0.706. The first kappa shape index (κ1) is 17.0. The van der Waals surface area contributed by atoms with E-state index in [0.717, 1.165) is 25.9 Å². The molecule has 0 bridgehead atoms. The molecule has 132 valence electrons. The normalized spacial score (nSPS) is 22.7. The zero-order valence-corrected chi connectivity index (χ0v) is 14.5. The summed E-state index contributed by atoms with van der Waals surface area (Å²) in [6.45, 7) is 8.10. The summed E-state index contributed by atoms with van der Waals surface area (Å²) in [5.41, 5.74) is 0.698. The van der Waals surface area contributed by atoms with Gasteiger partial charge in [0.05, 0.1) is 11.7 Å². The summed E-state index contributed by atoms with van der Waals surface area (Å²) in [5.74, 6) is 0.353. The predicted molar refractivity (Wildman–Crippen MR) is 88.6 cm³/mol. The van der Waals surface area contributed by atoms with Gasteiger partial charge < -0.3 is 14.3 Å². The molecule has 2 aliphatic rings. The highest BCUT2D eigenvalue weighted by molar-refractivity contribution is 5.91. The Morgan fingerprint density at radius 1 is 1.17 bits per heavy atom. The van der Waals surface area contributed by atoms with Crippen molar-refractivity contribution in [1.29, 1.82) is 0 Å². The number of piperidine rings is 1. The van der Waals surface area contributed by atoms with Crippen LogP contribution in [0.1, 0.15) is 42.4 Å². The molecule has 1 aromatic rings. The van der Waals surface area contributed by atoms with Crippen LogP contribution < -0.4 is 0 Å². The number of likely N-dealkylation sites (N-methyl/N-ethyl adjacent to an activating group) is 1. The molecule has 3 heterocycles. The minimum Gasteiger partial charge on any atom is -0.351 e. The van der Waals surface area contributed by atoms with E-state index in [4.69, 9.17) is 4.52 Å². The Labute approximate surface area is 142 Å². The van der Waals surface area contributed by atoms with Crippen LogP contribution in [0.4, 0.5) is 0 Å². The van der Waals surface area contributed by atoms with Gasteiger partial charge in [-0.25, -0.2) is 0 Å². The summed E-state index contributed by atoms with van der Waals surface area (Å²) in [6.07, 6.45) is 3.25. The van der Waals surface area contributed by atoms with Gasteiger partial charge in [-0.05, 0) is 32.9 Å². The van der Waals surface area contributed by atoms with E-state index in [9.17, 15) is 9.59 Å². The number of amides is 2. The maximum Gasteiger partial charge on any atom is 0.292 e. The average Bonchev–Trinajstić information content (AvgIpc) is 3.07. The molecule has 1 aromatic heterocycles. The average molecular weight is 334 g/mol. The van der Waals surface area contributed by atoms with Crippen LogP contribution in [0.2, 0.25) is 0 Å². The lowest BCUT2D eigenvalue weighted by Crippen LogP contribution is -2.56. The molecule has 1 unspecified atom stereocenters. The summed E-state index contributed by atoms with van der Waals surface area (Å²) in [4.78, 5) is 31.1. The fourth-order valence-corrected chi connectivity index (χ4v) is 3.61. The molecule has 7 heteroatoms. The third-order valence-electron chi connectivity index (χ3n) is 5.02. The Hall–Kier alpha value is -1.89. The monoisotopic (exact) mass is 334 g/mol. The Morgan fingerprint density at radius 2 is 1.88 bits per heavy atom. The molecule has 2 amide bonds. The third kappa shape index (κ3) is 3.45. The fourth-order valence-electron chi connectivity index (χ4n) is 3.61. The highest BCUT2D eigenvalue weighted by Gasteiger charge is 2.33. The maximum atomic E-state index is 12.8. The van der Waals surface area contributed by atoms with E-state index in [1.165, 1.54) is 6.42 Å². The largest absolute Gasteiger partial charge is 0.351 e. The van der Waals surface area contributed by atoms with Crippen LogP contribution in [0.5, 0.6) is 0 Å². The van der Waals surface area contributed by atoms with E-state index >= 15 is 0 Å². The van der Waals surface area contributed by atoms with Gasteiger partial charge in [0, 0.05) is 32.2 Å². The van der Waals surface area contributed by atoms with Crippen LogP contribution in [0.25, 0.3) is 0 Å². The minimum atomic E-state index is -0.143. The van der Waals surface area contributed by atoms with Gasteiger partial charge in [-0.3, -0.25) is 14.5 Å². The van der Waals surface area contributed by atoms with Crippen molar-refractivity contribution in [3.63, 3.8) is 0 Å². The van der Waals surface area contributed by atoms with Crippen molar-refractivity contribution in [1.82, 2.24) is 19.9 Å². The second kappa shape index (κ2) is 7.34. The lowest BCUT2D eigenvalue weighted by molar-refractivity contribution is -0.139. The Kier molecular flexibility index (Phi) is 5.18. The number of piperazine rings is 1. The Morgan fingerprint density at radius 3 is 2.50 bits per heavy atom. The zero-order chi connectivity index (χ0) is 17.1. The smallest absolute Gasteiger partial charge is 0.292 e. The quantitative estimate of drug-likeness (QED) is 0.829. The number of aromatic nitrogens is 1. The SMILES string of the molecule is CCN1CCCCC1C(=O)N1CCN(C(=O)c2cc(C)no2)CC1. The highest BCUT2D eigenvalue weighted by atomic mass is 16.5. The summed E-state index contributed by atoms with van der Waals surface area (Å²) >= 11 is 0. The molecule has 0 spiro atoms. The first-order chi connectivity index (χ1) is 11.6. The van der Waals surface area contributed by atoms with Crippen molar-refractivity contribution in [2.75, 3.05) is 39.3 Å². The van der Waals surface area contributed by atoms with Crippen molar-refractivity contribution >= 4 is 11.8 Å². The van der Waals surface area contributed by atoms with Gasteiger partial charge in [0.2, 0.25) is 11.7 Å². The maximum absolute atomic E-state index is 12.8. The number of hydrogen-bond acceptors (Lipinski definition) is 5. The van der Waals surface area contributed by atoms with Gasteiger partial charge in [0.25, 0.3) is 5.91 Å². The number of carbonyl (C=O) groups is 2. The molecule has 3 rings (SSSR count). The van der Waals surface area contributed by atoms with Crippen LogP contribution >= 0.6 is 0 Å². The summed E-state index contributed by atoms with van der Waals surface area (Å²) in [6, 6.07) is 1.67. The van der Waals surface area contributed by atoms with Crippen molar-refractivity contribution in [3.8, 4) is 0 Å². The van der Waals surface area contributed by atoms with Gasteiger partial charge in [-0.15, -0.1) is 0 Å². The van der Waals surface area contributed by atoms with Crippen LogP contribution in [0.3, 0.4) is 0 Å². The lowest BCUT2D eigenvalue weighted by atomic mass is 10.0. The lowest BCUT2D eigenvalue weighted by Gasteiger charge is -2.40. The second-order valence-electron chi connectivity index (χ2n) is 6.59. The van der Waals surface area contributed by atoms with Gasteiger partial charge in [-0.2, -0.15) is 0 Å². The summed E-state index contributed by atoms with van der Waals surface area (Å²) < 4.78 is 5.05. The van der Waals surface area contributed by atoms with Gasteiger partial charge in [0.1, 0.15) is 0 Å². The zero-order valence-electron chi connectivity index (χ0n) is 14.5. The number of carbonyl (C=O) groups excluding carboxylic acids is 2. The van der Waals surface area contributed by atoms with Crippen LogP contribution in [0.15, 0.2) is 10.6 Å². The third-order valence-corrected chi connectivity index (χ3v) is 5.02. The second-order valence-corrected chi connectivity index (χ2v) is 6.59. The Balaban J connectivity index is 1.56. The molecule has 2 saturated heterocycles. The molecular weight excluding hydrogens is 308 g/mol. The van der Waals surface area contributed by atoms with Crippen LogP contribution in [0, 0.1) is 6.92 Å². The van der Waals surface area contributed by atoms with Gasteiger partial charge in [0.15, 0.2) is 0 Å². The van der Waals surface area contributed by atoms with E-state index in [0.29, 0.717) is 31.9 Å². The molecule has 7 nitrogen and oxygen atoms in total. The number of likely N-dealkylation sites (tertiary alicyclic amines) is 1. The predicted octanol–water partition coefficient (Wildman–Crippen LogP) is 1.14. The number of hydrogen-bond donors (Lipinski definition) is 0. The van der Waals surface area contributed by atoms with Crippen molar-refractivity contribution in [2.45, 2.75) is 39.2 Å². The molecule has 24 heavy (non-hydrogen) atoms. The van der Waals surface area contributed by atoms with E-state index in [1.807, 2.05) is 4.90 Å². The van der Waals surface area contributed by atoms with Crippen molar-refractivity contribution in [3.05, 3.63) is 17.5 Å². The van der Waals surface area contributed by atoms with E-state index < -0.39 is 0 Å². The van der Waals surface area contributed by atoms with Gasteiger partial charge in [-0.1, -0.05) is 18.5 Å². The molecule has 0 aromatic carbocycles. The summed E-state index contributed by atoms with van der Waals surface area (Å²) in [7, 11) is 0. The Bertz CT molecular complexity index is 592. The molecule has 2 aliphatic heterocycles. The van der Waals surface area contributed by atoms with E-state index in [-0.39, 0.29) is 23.6 Å². The van der Waals surface area contributed by atoms with E-state index in [1.54, 1.807) is 17.9 Å². The molecule has 0 aliphatic carbocycles. The molecule has 2 fully saturated rings. The van der Waals surface area contributed by atoms with Gasteiger partial charge >= 0.3 is 0 Å². The van der Waals surface area contributed by atoms with E-state index in [2.05, 4.69) is 17.0 Å². The number of nitrogens with zero attached hydrogens (tertiary/aromatic N) is 4. The number of aryl methyl sites for hydroxylation is 1. The molecule has 1 atom stereocenters. The number of rotatable bonds is 3. The molecule has 0 saturated carbocycles. The highest BCUT2D eigenvalue weighted by Crippen LogP contribution is 2.20. The molecule has 0 radical (unpaired) electrons.